The Kier molecular flexibility index (Phi) is 8.48. The predicted octanol–water partition coefficient (Wildman–Crippen LogP) is 3.66. The summed E-state index contributed by atoms with van der Waals surface area (Å²) in [7, 11) is 2.98. The number of carbonyl (C=O) groups is 1. The van der Waals surface area contributed by atoms with Gasteiger partial charge in [0.2, 0.25) is 0 Å². The van der Waals surface area contributed by atoms with Gasteiger partial charge in [0.25, 0.3) is 5.91 Å². The number of amides is 1. The number of pyridine rings is 1. The maximum atomic E-state index is 15.1. The first kappa shape index (κ1) is 28.8. The van der Waals surface area contributed by atoms with E-state index in [9.17, 15) is 18.0 Å². The van der Waals surface area contributed by atoms with Crippen molar-refractivity contribution in [3.63, 3.8) is 0 Å². The van der Waals surface area contributed by atoms with Crippen molar-refractivity contribution in [2.75, 3.05) is 44.5 Å². The van der Waals surface area contributed by atoms with Gasteiger partial charge in [0, 0.05) is 36.6 Å². The first-order valence-electron chi connectivity index (χ1n) is 12.8. The van der Waals surface area contributed by atoms with E-state index in [4.69, 9.17) is 9.47 Å². The van der Waals surface area contributed by atoms with Gasteiger partial charge in [0.05, 0.1) is 50.3 Å². The van der Waals surface area contributed by atoms with Crippen molar-refractivity contribution in [2.24, 2.45) is 0 Å². The highest BCUT2D eigenvalue weighted by molar-refractivity contribution is 8.00. The molecule has 2 bridgehead atoms. The van der Waals surface area contributed by atoms with E-state index in [-0.39, 0.29) is 53.2 Å². The molecule has 41 heavy (non-hydrogen) atoms. The standard InChI is InChI=1S/C27H28F4N6O3S/c1-32-25(38)15-7-8-17(22(11-15)39-2)33-9-3-5-19-26(41-27(29,30)31)37-10-4-6-18(24(37)36-19)35-20-12-16-13-40-14-21(34-16)23(20)28/h4,6-8,10-11,16,20-21,23,33-35H,9,12-14H2,1-2H3,(H,32,38)/t16-,20+,21-,23+/m0/s1. The van der Waals surface area contributed by atoms with Crippen LogP contribution in [0.15, 0.2) is 41.6 Å². The summed E-state index contributed by atoms with van der Waals surface area (Å²) >= 11 is -0.309. The van der Waals surface area contributed by atoms with Crippen LogP contribution in [-0.4, -0.2) is 79.0 Å². The number of nitrogens with one attached hydrogen (secondary N) is 4. The van der Waals surface area contributed by atoms with Crippen molar-refractivity contribution in [3.05, 3.63) is 47.8 Å². The number of hydrogen-bond donors (Lipinski definition) is 4. The molecule has 218 valence electrons. The zero-order valence-corrected chi connectivity index (χ0v) is 23.0. The highest BCUT2D eigenvalue weighted by atomic mass is 32.2. The molecule has 0 saturated carbocycles. The van der Waals surface area contributed by atoms with E-state index >= 15 is 4.39 Å². The summed E-state index contributed by atoms with van der Waals surface area (Å²) in [5.74, 6) is 5.69. The number of aromatic nitrogens is 2. The molecule has 9 nitrogen and oxygen atoms in total. The Morgan fingerprint density at radius 3 is 2.88 bits per heavy atom. The molecule has 4 atom stereocenters. The third-order valence-electron chi connectivity index (χ3n) is 6.80. The normalized spacial score (nSPS) is 22.0. The van der Waals surface area contributed by atoms with E-state index in [0.717, 1.165) is 0 Å². The van der Waals surface area contributed by atoms with Crippen molar-refractivity contribution >= 4 is 34.7 Å². The molecule has 0 unspecified atom stereocenters. The minimum atomic E-state index is -4.58. The first-order chi connectivity index (χ1) is 19.7. The number of fused-ring (bicyclic) bond motifs is 3. The fourth-order valence-electron chi connectivity index (χ4n) is 4.95. The summed E-state index contributed by atoms with van der Waals surface area (Å²) in [5.41, 5.74) is -3.04. The highest BCUT2D eigenvalue weighted by Gasteiger charge is 2.41. The lowest BCUT2D eigenvalue weighted by atomic mass is 9.90. The number of piperidine rings is 1. The molecule has 3 aromatic rings. The van der Waals surface area contributed by atoms with Crippen LogP contribution in [0, 0.1) is 11.8 Å². The van der Waals surface area contributed by atoms with E-state index in [1.54, 1.807) is 30.3 Å². The number of carbonyl (C=O) groups excluding carboxylic acids is 1. The molecule has 2 saturated heterocycles. The summed E-state index contributed by atoms with van der Waals surface area (Å²) in [6.45, 7) is 0.793. The largest absolute Gasteiger partial charge is 0.495 e. The zero-order chi connectivity index (χ0) is 29.1. The molecule has 0 radical (unpaired) electrons. The molecule has 2 fully saturated rings. The maximum Gasteiger partial charge on any atom is 0.447 e. The minimum absolute atomic E-state index is 0.0124. The number of morpholine rings is 1. The van der Waals surface area contributed by atoms with Gasteiger partial charge in [-0.2, -0.15) is 13.2 Å². The lowest BCUT2D eigenvalue weighted by Crippen LogP contribution is -2.63. The maximum absolute atomic E-state index is 15.1. The van der Waals surface area contributed by atoms with Crippen molar-refractivity contribution in [2.45, 2.75) is 41.3 Å². The van der Waals surface area contributed by atoms with Gasteiger partial charge in [-0.1, -0.05) is 5.92 Å². The number of nitrogens with zero attached hydrogens (tertiary/aromatic N) is 2. The number of ether oxygens (including phenoxy) is 2. The van der Waals surface area contributed by atoms with E-state index in [1.807, 2.05) is 0 Å². The van der Waals surface area contributed by atoms with E-state index in [0.29, 0.717) is 35.7 Å². The van der Waals surface area contributed by atoms with Gasteiger partial charge in [-0.3, -0.25) is 9.20 Å². The zero-order valence-electron chi connectivity index (χ0n) is 22.1. The summed E-state index contributed by atoms with van der Waals surface area (Å²) in [6, 6.07) is 7.05. The van der Waals surface area contributed by atoms with Crippen LogP contribution in [0.1, 0.15) is 22.5 Å². The quantitative estimate of drug-likeness (QED) is 0.188. The van der Waals surface area contributed by atoms with Gasteiger partial charge < -0.3 is 30.7 Å². The molecule has 2 aliphatic heterocycles. The molecule has 14 heteroatoms. The van der Waals surface area contributed by atoms with Crippen LogP contribution in [0.5, 0.6) is 5.75 Å². The van der Waals surface area contributed by atoms with Crippen LogP contribution in [0.2, 0.25) is 0 Å². The lowest BCUT2D eigenvalue weighted by molar-refractivity contribution is -0.0330. The van der Waals surface area contributed by atoms with Gasteiger partial charge in [-0.25, -0.2) is 9.37 Å². The molecule has 4 N–H and O–H groups in total. The van der Waals surface area contributed by atoms with Crippen LogP contribution in [0.25, 0.3) is 5.65 Å². The highest BCUT2D eigenvalue weighted by Crippen LogP contribution is 2.40. The summed E-state index contributed by atoms with van der Waals surface area (Å²) in [4.78, 5) is 16.3. The third-order valence-corrected chi connectivity index (χ3v) is 7.61. The van der Waals surface area contributed by atoms with E-state index in [1.165, 1.54) is 24.8 Å². The third kappa shape index (κ3) is 6.47. The molecule has 1 aromatic carbocycles. The number of hydrogen-bond acceptors (Lipinski definition) is 8. The van der Waals surface area contributed by atoms with Gasteiger partial charge >= 0.3 is 5.51 Å². The average molecular weight is 593 g/mol. The number of rotatable bonds is 7. The second-order valence-corrected chi connectivity index (χ2v) is 10.6. The molecule has 0 spiro atoms. The molecule has 2 aromatic heterocycles. The van der Waals surface area contributed by atoms with Crippen molar-refractivity contribution in [1.82, 2.24) is 20.0 Å². The monoisotopic (exact) mass is 592 g/mol. The Morgan fingerprint density at radius 2 is 2.12 bits per heavy atom. The lowest BCUT2D eigenvalue weighted by Gasteiger charge is -2.42. The summed E-state index contributed by atoms with van der Waals surface area (Å²) in [5, 5.41) is 11.8. The molecule has 1 amide bonds. The Hall–Kier alpha value is -3.67. The van der Waals surface area contributed by atoms with Crippen molar-refractivity contribution in [3.8, 4) is 17.6 Å². The number of alkyl halides is 4. The van der Waals surface area contributed by atoms with E-state index < -0.39 is 23.8 Å². The van der Waals surface area contributed by atoms with Crippen molar-refractivity contribution < 1.29 is 31.8 Å². The van der Waals surface area contributed by atoms with Crippen molar-refractivity contribution in [1.29, 1.82) is 0 Å². The smallest absolute Gasteiger partial charge is 0.447 e. The topological polar surface area (TPSA) is 101 Å². The number of anilines is 2. The first-order valence-corrected chi connectivity index (χ1v) is 13.6. The molecule has 4 heterocycles. The van der Waals surface area contributed by atoms with Gasteiger partial charge in [-0.15, -0.1) is 0 Å². The second-order valence-electron chi connectivity index (χ2n) is 9.52. The van der Waals surface area contributed by atoms with Crippen LogP contribution < -0.4 is 26.0 Å². The number of methoxy groups -OCH3 is 1. The Morgan fingerprint density at radius 1 is 1.29 bits per heavy atom. The Labute approximate surface area is 237 Å². The van der Waals surface area contributed by atoms with Gasteiger partial charge in [0.1, 0.15) is 22.6 Å². The van der Waals surface area contributed by atoms with E-state index in [2.05, 4.69) is 38.1 Å². The van der Waals surface area contributed by atoms with Crippen LogP contribution >= 0.6 is 11.8 Å². The molecular formula is C27H28F4N6O3S. The summed E-state index contributed by atoms with van der Waals surface area (Å²) in [6.07, 6.45) is 0.677. The number of thioether (sulfide) groups is 1. The predicted molar refractivity (Wildman–Crippen MR) is 147 cm³/mol. The number of halogens is 4. The second kappa shape index (κ2) is 12.1. The Balaban J connectivity index is 1.40. The molecule has 5 rings (SSSR count). The molecule has 2 aliphatic rings. The average Bonchev–Trinajstić information content (AvgIpc) is 3.30. The molecular weight excluding hydrogens is 564 g/mol. The minimum Gasteiger partial charge on any atom is -0.495 e. The summed E-state index contributed by atoms with van der Waals surface area (Å²) < 4.78 is 67.8. The SMILES string of the molecule is CNC(=O)c1ccc(NCC#Cc2nc3c(N[C@@H]4C[C@H]5COC[C@H](N5)[C@@H]4F)cccn3c2SC(F)(F)F)c(OC)c1. The molecule has 0 aliphatic carbocycles. The number of benzene rings is 1. The fraction of sp³-hybridized carbons (Fsp3) is 0.407. The van der Waals surface area contributed by atoms with Crippen LogP contribution in [-0.2, 0) is 4.74 Å². The van der Waals surface area contributed by atoms with Gasteiger partial charge in [0.15, 0.2) is 5.65 Å². The van der Waals surface area contributed by atoms with Crippen LogP contribution in [0.3, 0.4) is 0 Å². The Bertz CT molecular complexity index is 1490. The van der Waals surface area contributed by atoms with Gasteiger partial charge in [-0.05, 0) is 42.7 Å². The number of imidazole rings is 1. The van der Waals surface area contributed by atoms with Crippen LogP contribution in [0.4, 0.5) is 28.9 Å². The fourth-order valence-corrected chi connectivity index (χ4v) is 5.61.